The highest BCUT2D eigenvalue weighted by atomic mass is 79.9. The van der Waals surface area contributed by atoms with E-state index in [2.05, 4.69) is 39.9 Å². The molecular weight excluding hydrogens is 306 g/mol. The number of nitrogens with zero attached hydrogens (tertiary/aromatic N) is 3. The Balaban J connectivity index is 2.23. The largest absolute Gasteiger partial charge is 0.388 e. The van der Waals surface area contributed by atoms with E-state index in [0.717, 1.165) is 21.4 Å². The van der Waals surface area contributed by atoms with Crippen LogP contribution in [0.25, 0.3) is 0 Å². The van der Waals surface area contributed by atoms with E-state index in [-0.39, 0.29) is 6.04 Å². The van der Waals surface area contributed by atoms with Crippen molar-refractivity contribution in [3.05, 3.63) is 46.0 Å². The molecule has 0 aliphatic rings. The first-order valence-electron chi connectivity index (χ1n) is 6.31. The summed E-state index contributed by atoms with van der Waals surface area (Å²) in [5, 5.41) is 14.6. The second kappa shape index (κ2) is 5.84. The van der Waals surface area contributed by atoms with Crippen LogP contribution in [0.1, 0.15) is 42.9 Å². The summed E-state index contributed by atoms with van der Waals surface area (Å²) in [5.74, 6) is 0.807. The van der Waals surface area contributed by atoms with Crippen LogP contribution in [0.3, 0.4) is 0 Å². The van der Waals surface area contributed by atoms with Crippen LogP contribution in [0.5, 0.6) is 0 Å². The lowest BCUT2D eigenvalue weighted by atomic mass is 10.0. The molecule has 0 bridgehead atoms. The molecule has 1 heterocycles. The molecular formula is C14H18BrN3O. The number of benzene rings is 1. The summed E-state index contributed by atoms with van der Waals surface area (Å²) in [6, 6.07) is 6.17. The third-order valence-electron chi connectivity index (χ3n) is 3.11. The van der Waals surface area contributed by atoms with Crippen molar-refractivity contribution in [2.24, 2.45) is 0 Å². The van der Waals surface area contributed by atoms with Crippen molar-refractivity contribution in [1.29, 1.82) is 0 Å². The van der Waals surface area contributed by atoms with Crippen molar-refractivity contribution >= 4 is 15.9 Å². The Bertz CT molecular complexity index is 566. The van der Waals surface area contributed by atoms with E-state index in [1.165, 1.54) is 6.33 Å². The Hall–Kier alpha value is -1.20. The number of aromatic nitrogens is 3. The van der Waals surface area contributed by atoms with Crippen LogP contribution in [0, 0.1) is 6.92 Å². The highest BCUT2D eigenvalue weighted by Crippen LogP contribution is 2.25. The molecule has 1 N–H and O–H groups in total. The van der Waals surface area contributed by atoms with E-state index in [1.54, 1.807) is 0 Å². The fraction of sp³-hybridized carbons (Fsp3) is 0.429. The summed E-state index contributed by atoms with van der Waals surface area (Å²) in [5.41, 5.74) is 2.00. The van der Waals surface area contributed by atoms with Gasteiger partial charge < -0.3 is 5.11 Å². The van der Waals surface area contributed by atoms with Crippen molar-refractivity contribution in [3.63, 3.8) is 0 Å². The first kappa shape index (κ1) is 14.2. The Morgan fingerprint density at radius 2 is 2.11 bits per heavy atom. The van der Waals surface area contributed by atoms with Gasteiger partial charge in [-0.25, -0.2) is 9.67 Å². The average molecular weight is 324 g/mol. The molecule has 0 amide bonds. The van der Waals surface area contributed by atoms with Gasteiger partial charge in [0.25, 0.3) is 0 Å². The number of hydrogen-bond acceptors (Lipinski definition) is 3. The molecule has 0 radical (unpaired) electrons. The molecule has 0 saturated heterocycles. The number of halogens is 1. The molecule has 4 nitrogen and oxygen atoms in total. The number of aliphatic hydroxyl groups is 1. The maximum Gasteiger partial charge on any atom is 0.138 e. The fourth-order valence-electron chi connectivity index (χ4n) is 2.10. The van der Waals surface area contributed by atoms with E-state index in [4.69, 9.17) is 0 Å². The van der Waals surface area contributed by atoms with Gasteiger partial charge >= 0.3 is 0 Å². The minimum Gasteiger partial charge on any atom is -0.388 e. The van der Waals surface area contributed by atoms with E-state index in [9.17, 15) is 5.11 Å². The predicted octanol–water partition coefficient (Wildman–Crippen LogP) is 3.21. The minimum atomic E-state index is -0.570. The van der Waals surface area contributed by atoms with Gasteiger partial charge in [-0.05, 0) is 44.0 Å². The lowest BCUT2D eigenvalue weighted by Crippen LogP contribution is -2.12. The Kier molecular flexibility index (Phi) is 4.37. The second-order valence-electron chi connectivity index (χ2n) is 4.94. The normalized spacial score (nSPS) is 12.9. The zero-order valence-corrected chi connectivity index (χ0v) is 12.9. The van der Waals surface area contributed by atoms with Gasteiger partial charge in [-0.3, -0.25) is 0 Å². The molecule has 0 aliphatic heterocycles. The van der Waals surface area contributed by atoms with Crippen molar-refractivity contribution < 1.29 is 5.11 Å². The van der Waals surface area contributed by atoms with Crippen molar-refractivity contribution in [2.75, 3.05) is 0 Å². The van der Waals surface area contributed by atoms with Crippen LogP contribution in [0.2, 0.25) is 0 Å². The molecule has 102 valence electrons. The quantitative estimate of drug-likeness (QED) is 0.939. The monoisotopic (exact) mass is 323 g/mol. The first-order valence-corrected chi connectivity index (χ1v) is 7.11. The summed E-state index contributed by atoms with van der Waals surface area (Å²) in [4.78, 5) is 4.24. The molecule has 0 fully saturated rings. The number of aryl methyl sites for hydroxylation is 1. The molecule has 0 spiro atoms. The van der Waals surface area contributed by atoms with Gasteiger partial charge in [0.2, 0.25) is 0 Å². The van der Waals surface area contributed by atoms with Crippen LogP contribution >= 0.6 is 15.9 Å². The summed E-state index contributed by atoms with van der Waals surface area (Å²) in [7, 11) is 0. The second-order valence-corrected chi connectivity index (χ2v) is 5.85. The van der Waals surface area contributed by atoms with Crippen molar-refractivity contribution in [2.45, 2.75) is 39.3 Å². The number of aliphatic hydroxyl groups excluding tert-OH is 1. The number of hydrogen-bond donors (Lipinski definition) is 1. The van der Waals surface area contributed by atoms with Gasteiger partial charge in [-0.2, -0.15) is 5.10 Å². The molecule has 1 atom stereocenters. The van der Waals surface area contributed by atoms with E-state index in [1.807, 2.05) is 29.8 Å². The standard InChI is InChI=1S/C14H18BrN3O/c1-9(2)18-14(16-8-17-18)7-13(19)12-6-11(15)5-4-10(12)3/h4-6,8-9,13,19H,7H2,1-3H3. The van der Waals surface area contributed by atoms with Crippen LogP contribution in [-0.2, 0) is 6.42 Å². The Morgan fingerprint density at radius 1 is 1.37 bits per heavy atom. The summed E-state index contributed by atoms with van der Waals surface area (Å²) >= 11 is 3.44. The van der Waals surface area contributed by atoms with Crippen molar-refractivity contribution in [3.8, 4) is 0 Å². The third kappa shape index (κ3) is 3.22. The average Bonchev–Trinajstić information content (AvgIpc) is 2.80. The van der Waals surface area contributed by atoms with E-state index in [0.29, 0.717) is 6.42 Å². The van der Waals surface area contributed by atoms with Crippen molar-refractivity contribution in [1.82, 2.24) is 14.8 Å². The van der Waals surface area contributed by atoms with Gasteiger partial charge in [0.1, 0.15) is 12.2 Å². The van der Waals surface area contributed by atoms with Gasteiger partial charge in [0, 0.05) is 16.9 Å². The van der Waals surface area contributed by atoms with Crippen LogP contribution in [0.15, 0.2) is 29.0 Å². The molecule has 2 rings (SSSR count). The Labute approximate surface area is 121 Å². The Morgan fingerprint density at radius 3 is 2.79 bits per heavy atom. The summed E-state index contributed by atoms with van der Waals surface area (Å²) < 4.78 is 2.81. The maximum atomic E-state index is 10.4. The topological polar surface area (TPSA) is 50.9 Å². The minimum absolute atomic E-state index is 0.244. The lowest BCUT2D eigenvalue weighted by Gasteiger charge is -2.15. The summed E-state index contributed by atoms with van der Waals surface area (Å²) in [6.07, 6.45) is 1.44. The van der Waals surface area contributed by atoms with Gasteiger partial charge in [0.05, 0.1) is 6.10 Å². The molecule has 1 unspecified atom stereocenters. The van der Waals surface area contributed by atoms with Crippen LogP contribution in [-0.4, -0.2) is 19.9 Å². The lowest BCUT2D eigenvalue weighted by molar-refractivity contribution is 0.172. The van der Waals surface area contributed by atoms with Crippen LogP contribution < -0.4 is 0 Å². The van der Waals surface area contributed by atoms with E-state index >= 15 is 0 Å². The summed E-state index contributed by atoms with van der Waals surface area (Å²) in [6.45, 7) is 6.10. The molecule has 1 aromatic heterocycles. The fourth-order valence-corrected chi connectivity index (χ4v) is 2.48. The maximum absolute atomic E-state index is 10.4. The van der Waals surface area contributed by atoms with Crippen LogP contribution in [0.4, 0.5) is 0 Å². The SMILES string of the molecule is Cc1ccc(Br)cc1C(O)Cc1ncnn1C(C)C. The number of rotatable bonds is 4. The molecule has 5 heteroatoms. The smallest absolute Gasteiger partial charge is 0.138 e. The van der Waals surface area contributed by atoms with Gasteiger partial charge in [-0.15, -0.1) is 0 Å². The molecule has 2 aromatic rings. The van der Waals surface area contributed by atoms with E-state index < -0.39 is 6.10 Å². The molecule has 0 saturated carbocycles. The zero-order valence-electron chi connectivity index (χ0n) is 11.3. The first-order chi connectivity index (χ1) is 8.99. The molecule has 1 aromatic carbocycles. The molecule has 19 heavy (non-hydrogen) atoms. The third-order valence-corrected chi connectivity index (χ3v) is 3.61. The highest BCUT2D eigenvalue weighted by Gasteiger charge is 2.16. The van der Waals surface area contributed by atoms with Gasteiger partial charge in [-0.1, -0.05) is 22.0 Å². The van der Waals surface area contributed by atoms with Gasteiger partial charge in [0.15, 0.2) is 0 Å². The molecule has 0 aliphatic carbocycles. The zero-order chi connectivity index (χ0) is 14.0. The predicted molar refractivity (Wildman–Crippen MR) is 77.9 cm³/mol. The highest BCUT2D eigenvalue weighted by molar-refractivity contribution is 9.10.